The van der Waals surface area contributed by atoms with E-state index < -0.39 is 0 Å². The molecule has 2 aromatic carbocycles. The lowest BCUT2D eigenvalue weighted by atomic mass is 10.1. The normalized spacial score (nSPS) is 14.5. The maximum Gasteiger partial charge on any atom is 0.257 e. The number of hydrogen-bond acceptors (Lipinski definition) is 4. The Labute approximate surface area is 155 Å². The Balaban J connectivity index is 1.65. The molecule has 0 aromatic heterocycles. The Hall–Kier alpha value is -2.34. The molecule has 1 heterocycles. The third-order valence-corrected chi connectivity index (χ3v) is 4.89. The molecule has 0 bridgehead atoms. The first-order valence-corrected chi connectivity index (χ1v) is 8.89. The third-order valence-electron chi connectivity index (χ3n) is 4.40. The second-order valence-electron chi connectivity index (χ2n) is 6.04. The molecule has 5 nitrogen and oxygen atoms in total. The summed E-state index contributed by atoms with van der Waals surface area (Å²) in [4.78, 5) is 27.9. The number of aromatic hydroxyl groups is 1. The maximum absolute atomic E-state index is 12.6. The van der Waals surface area contributed by atoms with Gasteiger partial charge in [-0.2, -0.15) is 0 Å². The predicted molar refractivity (Wildman–Crippen MR) is 100 cm³/mol. The highest BCUT2D eigenvalue weighted by Crippen LogP contribution is 2.25. The molecule has 0 spiro atoms. The van der Waals surface area contributed by atoms with Crippen LogP contribution in [0.5, 0.6) is 5.75 Å². The van der Waals surface area contributed by atoms with Crippen LogP contribution < -0.4 is 4.90 Å². The van der Waals surface area contributed by atoms with E-state index in [2.05, 4.69) is 20.8 Å². The van der Waals surface area contributed by atoms with Crippen molar-refractivity contribution < 1.29 is 14.7 Å². The third kappa shape index (κ3) is 3.85. The fourth-order valence-electron chi connectivity index (χ4n) is 2.93. The van der Waals surface area contributed by atoms with Gasteiger partial charge in [-0.25, -0.2) is 0 Å². The van der Waals surface area contributed by atoms with Gasteiger partial charge < -0.3 is 14.9 Å². The zero-order chi connectivity index (χ0) is 18.0. The molecule has 0 atom stereocenters. The summed E-state index contributed by atoms with van der Waals surface area (Å²) in [5.41, 5.74) is 2.06. The molecule has 1 aliphatic rings. The molecule has 1 N–H and O–H groups in total. The van der Waals surface area contributed by atoms with Crippen LogP contribution in [0.25, 0.3) is 0 Å². The van der Waals surface area contributed by atoms with E-state index in [1.165, 1.54) is 6.07 Å². The molecule has 0 saturated carbocycles. The Morgan fingerprint density at radius 3 is 2.20 bits per heavy atom. The molecule has 1 aliphatic heterocycles. The van der Waals surface area contributed by atoms with Crippen LogP contribution in [0.3, 0.4) is 0 Å². The monoisotopic (exact) mass is 402 g/mol. The van der Waals surface area contributed by atoms with E-state index in [1.807, 2.05) is 24.3 Å². The topological polar surface area (TPSA) is 60.9 Å². The van der Waals surface area contributed by atoms with Crippen LogP contribution in [0.15, 0.2) is 46.9 Å². The van der Waals surface area contributed by atoms with Gasteiger partial charge >= 0.3 is 0 Å². The van der Waals surface area contributed by atoms with E-state index >= 15 is 0 Å². The second kappa shape index (κ2) is 7.27. The van der Waals surface area contributed by atoms with Gasteiger partial charge in [0, 0.05) is 41.9 Å². The number of ketones is 1. The second-order valence-corrected chi connectivity index (χ2v) is 6.96. The van der Waals surface area contributed by atoms with Crippen molar-refractivity contribution >= 4 is 33.3 Å². The molecular formula is C19H19BrN2O3. The minimum atomic E-state index is -0.156. The van der Waals surface area contributed by atoms with Gasteiger partial charge in [0.05, 0.1) is 5.56 Å². The molecule has 2 aromatic rings. The molecular weight excluding hydrogens is 384 g/mol. The fourth-order valence-corrected chi connectivity index (χ4v) is 3.28. The number of phenolic OH excluding ortho intramolecular Hbond substituents is 1. The maximum atomic E-state index is 12.6. The Morgan fingerprint density at radius 1 is 1.00 bits per heavy atom. The SMILES string of the molecule is CC(=O)c1ccc(N2CCN(C(=O)c3ccc(Br)cc3O)CC2)cc1. The minimum Gasteiger partial charge on any atom is -0.507 e. The highest BCUT2D eigenvalue weighted by atomic mass is 79.9. The van der Waals surface area contributed by atoms with Gasteiger partial charge in [-0.15, -0.1) is 0 Å². The Bertz CT molecular complexity index is 797. The van der Waals surface area contributed by atoms with E-state index in [4.69, 9.17) is 0 Å². The van der Waals surface area contributed by atoms with Gasteiger partial charge in [0.25, 0.3) is 5.91 Å². The van der Waals surface area contributed by atoms with Crippen molar-refractivity contribution in [2.75, 3.05) is 31.1 Å². The molecule has 1 saturated heterocycles. The predicted octanol–water partition coefficient (Wildman–Crippen LogP) is 3.32. The number of Topliss-reactive ketones (excluding diaryl/α,β-unsaturated/α-hetero) is 1. The smallest absolute Gasteiger partial charge is 0.257 e. The lowest BCUT2D eigenvalue weighted by molar-refractivity contribution is 0.0743. The first-order chi connectivity index (χ1) is 12.0. The average molecular weight is 403 g/mol. The van der Waals surface area contributed by atoms with E-state index in [0.717, 1.165) is 10.2 Å². The standard InChI is InChI=1S/C19H19BrN2O3/c1-13(23)14-2-5-16(6-3-14)21-8-10-22(11-9-21)19(25)17-7-4-15(20)12-18(17)24/h2-7,12,24H,8-11H2,1H3. The summed E-state index contributed by atoms with van der Waals surface area (Å²) in [7, 11) is 0. The summed E-state index contributed by atoms with van der Waals surface area (Å²) < 4.78 is 0.736. The van der Waals surface area contributed by atoms with Crippen LogP contribution in [0.4, 0.5) is 5.69 Å². The average Bonchev–Trinajstić information content (AvgIpc) is 2.61. The minimum absolute atomic E-state index is 0.0124. The van der Waals surface area contributed by atoms with Crippen LogP contribution in [0.1, 0.15) is 27.6 Å². The van der Waals surface area contributed by atoms with Crippen LogP contribution in [-0.2, 0) is 0 Å². The van der Waals surface area contributed by atoms with Crippen molar-refractivity contribution in [2.24, 2.45) is 0 Å². The Morgan fingerprint density at radius 2 is 1.64 bits per heavy atom. The van der Waals surface area contributed by atoms with Crippen LogP contribution in [0.2, 0.25) is 0 Å². The summed E-state index contributed by atoms with van der Waals surface area (Å²) >= 11 is 3.28. The summed E-state index contributed by atoms with van der Waals surface area (Å²) in [6.07, 6.45) is 0. The molecule has 6 heteroatoms. The number of rotatable bonds is 3. The largest absolute Gasteiger partial charge is 0.507 e. The van der Waals surface area contributed by atoms with Crippen molar-refractivity contribution in [2.45, 2.75) is 6.92 Å². The first-order valence-electron chi connectivity index (χ1n) is 8.09. The molecule has 3 rings (SSSR count). The highest BCUT2D eigenvalue weighted by Gasteiger charge is 2.24. The van der Waals surface area contributed by atoms with Crippen LogP contribution in [-0.4, -0.2) is 47.9 Å². The summed E-state index contributed by atoms with van der Waals surface area (Å²) in [6, 6.07) is 12.4. The zero-order valence-electron chi connectivity index (χ0n) is 13.9. The van der Waals surface area contributed by atoms with Gasteiger partial charge in [0.15, 0.2) is 5.78 Å². The number of carbonyl (C=O) groups is 2. The number of nitrogens with zero attached hydrogens (tertiary/aromatic N) is 2. The number of amides is 1. The number of anilines is 1. The van der Waals surface area contributed by atoms with Crippen LogP contribution in [0, 0.1) is 0 Å². The van der Waals surface area contributed by atoms with Gasteiger partial charge in [-0.05, 0) is 49.4 Å². The van der Waals surface area contributed by atoms with E-state index in [-0.39, 0.29) is 17.4 Å². The van der Waals surface area contributed by atoms with E-state index in [9.17, 15) is 14.7 Å². The molecule has 25 heavy (non-hydrogen) atoms. The van der Waals surface area contributed by atoms with E-state index in [0.29, 0.717) is 37.3 Å². The number of piperazine rings is 1. The van der Waals surface area contributed by atoms with Crippen molar-refractivity contribution in [3.8, 4) is 5.75 Å². The van der Waals surface area contributed by atoms with Gasteiger partial charge in [-0.3, -0.25) is 9.59 Å². The molecule has 130 valence electrons. The Kier molecular flexibility index (Phi) is 5.08. The van der Waals surface area contributed by atoms with Crippen molar-refractivity contribution in [3.05, 3.63) is 58.1 Å². The number of benzene rings is 2. The van der Waals surface area contributed by atoms with Gasteiger partial charge in [0.1, 0.15) is 5.75 Å². The van der Waals surface area contributed by atoms with E-state index in [1.54, 1.807) is 24.0 Å². The van der Waals surface area contributed by atoms with Gasteiger partial charge in [0.2, 0.25) is 0 Å². The molecule has 0 radical (unpaired) electrons. The number of hydrogen-bond donors (Lipinski definition) is 1. The molecule has 0 unspecified atom stereocenters. The number of phenols is 1. The van der Waals surface area contributed by atoms with Crippen molar-refractivity contribution in [3.63, 3.8) is 0 Å². The first kappa shape index (κ1) is 17.5. The quantitative estimate of drug-likeness (QED) is 0.799. The molecule has 1 amide bonds. The molecule has 0 aliphatic carbocycles. The highest BCUT2D eigenvalue weighted by molar-refractivity contribution is 9.10. The summed E-state index contributed by atoms with van der Waals surface area (Å²) in [5.74, 6) is -0.116. The summed E-state index contributed by atoms with van der Waals surface area (Å²) in [6.45, 7) is 4.15. The number of carbonyl (C=O) groups excluding carboxylic acids is 2. The lowest BCUT2D eigenvalue weighted by Gasteiger charge is -2.36. The molecule has 1 fully saturated rings. The summed E-state index contributed by atoms with van der Waals surface area (Å²) in [5, 5.41) is 9.98. The van der Waals surface area contributed by atoms with Crippen molar-refractivity contribution in [1.82, 2.24) is 4.90 Å². The van der Waals surface area contributed by atoms with Crippen molar-refractivity contribution in [1.29, 1.82) is 0 Å². The number of halogens is 1. The fraction of sp³-hybridized carbons (Fsp3) is 0.263. The zero-order valence-corrected chi connectivity index (χ0v) is 15.5. The van der Waals surface area contributed by atoms with Gasteiger partial charge in [-0.1, -0.05) is 15.9 Å². The van der Waals surface area contributed by atoms with Crippen LogP contribution >= 0.6 is 15.9 Å². The lowest BCUT2D eigenvalue weighted by Crippen LogP contribution is -2.48.